The van der Waals surface area contributed by atoms with Crippen molar-refractivity contribution >= 4 is 5.82 Å². The second-order valence-corrected chi connectivity index (χ2v) is 5.69. The maximum Gasteiger partial charge on any atom is 0.162 e. The molecule has 1 aromatic rings. The van der Waals surface area contributed by atoms with E-state index < -0.39 is 5.60 Å². The van der Waals surface area contributed by atoms with Gasteiger partial charge in [-0.2, -0.15) is 0 Å². The van der Waals surface area contributed by atoms with Crippen molar-refractivity contribution in [3.63, 3.8) is 0 Å². The number of methoxy groups -OCH3 is 1. The van der Waals surface area contributed by atoms with Gasteiger partial charge in [-0.25, -0.2) is 9.97 Å². The van der Waals surface area contributed by atoms with Gasteiger partial charge in [0, 0.05) is 24.9 Å². The molecule has 1 aromatic heterocycles. The molecule has 0 radical (unpaired) electrons. The monoisotopic (exact) mass is 265 g/mol. The normalized spacial score (nSPS) is 12.0. The Hall–Kier alpha value is -1.16. The molecular formula is C15H27N3O. The van der Waals surface area contributed by atoms with Crippen molar-refractivity contribution in [1.82, 2.24) is 9.97 Å². The molecular weight excluding hydrogens is 238 g/mol. The first kappa shape index (κ1) is 15.9. The fourth-order valence-electron chi connectivity index (χ4n) is 2.01. The van der Waals surface area contributed by atoms with Gasteiger partial charge >= 0.3 is 0 Å². The first-order valence-electron chi connectivity index (χ1n) is 7.01. The standard InChI is InChI=1S/C15H27N3O/c1-8-9-16-13-12(10(2)3)11(4)17-14(18-13)15(5,6)19-7/h10H,8-9H2,1-7H3,(H,16,17,18). The van der Waals surface area contributed by atoms with E-state index in [1.807, 2.05) is 20.8 Å². The Morgan fingerprint density at radius 3 is 2.37 bits per heavy atom. The Morgan fingerprint density at radius 2 is 1.89 bits per heavy atom. The summed E-state index contributed by atoms with van der Waals surface area (Å²) in [5, 5.41) is 3.42. The van der Waals surface area contributed by atoms with Gasteiger partial charge in [0.05, 0.1) is 0 Å². The van der Waals surface area contributed by atoms with Crippen molar-refractivity contribution in [3.8, 4) is 0 Å². The van der Waals surface area contributed by atoms with E-state index in [-0.39, 0.29) is 0 Å². The molecule has 0 saturated carbocycles. The molecule has 0 unspecified atom stereocenters. The number of rotatable bonds is 6. The summed E-state index contributed by atoms with van der Waals surface area (Å²) in [6, 6.07) is 0. The van der Waals surface area contributed by atoms with Gasteiger partial charge in [-0.1, -0.05) is 20.8 Å². The van der Waals surface area contributed by atoms with Crippen LogP contribution >= 0.6 is 0 Å². The third kappa shape index (κ3) is 3.66. The zero-order valence-electron chi connectivity index (χ0n) is 13.3. The summed E-state index contributed by atoms with van der Waals surface area (Å²) in [4.78, 5) is 9.32. The lowest BCUT2D eigenvalue weighted by Crippen LogP contribution is -2.25. The fraction of sp³-hybridized carbons (Fsp3) is 0.733. The molecule has 0 fully saturated rings. The van der Waals surface area contributed by atoms with Gasteiger partial charge < -0.3 is 10.1 Å². The molecule has 1 heterocycles. The van der Waals surface area contributed by atoms with Crippen LogP contribution in [0, 0.1) is 6.92 Å². The van der Waals surface area contributed by atoms with Gasteiger partial charge in [-0.15, -0.1) is 0 Å². The van der Waals surface area contributed by atoms with E-state index in [0.717, 1.165) is 30.3 Å². The fourth-order valence-corrected chi connectivity index (χ4v) is 2.01. The summed E-state index contributed by atoms with van der Waals surface area (Å²) >= 11 is 0. The third-order valence-corrected chi connectivity index (χ3v) is 3.30. The van der Waals surface area contributed by atoms with Crippen LogP contribution in [0.15, 0.2) is 0 Å². The third-order valence-electron chi connectivity index (χ3n) is 3.30. The lowest BCUT2D eigenvalue weighted by atomic mass is 10.0. The Labute approximate surface area is 117 Å². The smallest absolute Gasteiger partial charge is 0.162 e. The molecule has 19 heavy (non-hydrogen) atoms. The molecule has 0 aromatic carbocycles. The maximum absolute atomic E-state index is 5.49. The summed E-state index contributed by atoms with van der Waals surface area (Å²) in [6.07, 6.45) is 1.07. The molecule has 0 amide bonds. The molecule has 108 valence electrons. The second kappa shape index (κ2) is 6.33. The summed E-state index contributed by atoms with van der Waals surface area (Å²) < 4.78 is 5.49. The minimum Gasteiger partial charge on any atom is -0.371 e. The van der Waals surface area contributed by atoms with Crippen LogP contribution in [0.1, 0.15) is 64.0 Å². The molecule has 0 spiro atoms. The van der Waals surface area contributed by atoms with E-state index in [1.165, 1.54) is 5.56 Å². The molecule has 1 N–H and O–H groups in total. The minimum atomic E-state index is -0.469. The van der Waals surface area contributed by atoms with Crippen molar-refractivity contribution in [2.24, 2.45) is 0 Å². The predicted octanol–water partition coefficient (Wildman–Crippen LogP) is 3.61. The molecule has 4 heteroatoms. The van der Waals surface area contributed by atoms with Crippen LogP contribution in [-0.2, 0) is 10.3 Å². The quantitative estimate of drug-likeness (QED) is 0.853. The summed E-state index contributed by atoms with van der Waals surface area (Å²) in [7, 11) is 1.69. The number of hydrogen-bond acceptors (Lipinski definition) is 4. The number of aryl methyl sites for hydroxylation is 1. The highest BCUT2D eigenvalue weighted by Crippen LogP contribution is 2.29. The molecule has 0 aliphatic carbocycles. The second-order valence-electron chi connectivity index (χ2n) is 5.69. The first-order chi connectivity index (χ1) is 8.83. The number of anilines is 1. The van der Waals surface area contributed by atoms with Crippen molar-refractivity contribution in [1.29, 1.82) is 0 Å². The Kier molecular flexibility index (Phi) is 5.29. The summed E-state index contributed by atoms with van der Waals surface area (Å²) in [5.41, 5.74) is 1.76. The highest BCUT2D eigenvalue weighted by atomic mass is 16.5. The summed E-state index contributed by atoms with van der Waals surface area (Å²) in [5.74, 6) is 2.08. The van der Waals surface area contributed by atoms with Crippen LogP contribution < -0.4 is 5.32 Å². The highest BCUT2D eigenvalue weighted by molar-refractivity contribution is 5.48. The molecule has 0 aliphatic rings. The Bertz CT molecular complexity index is 428. The van der Waals surface area contributed by atoms with Gasteiger partial charge in [0.1, 0.15) is 11.4 Å². The van der Waals surface area contributed by atoms with Crippen LogP contribution in [-0.4, -0.2) is 23.6 Å². The average Bonchev–Trinajstić information content (AvgIpc) is 2.34. The number of nitrogens with zero attached hydrogens (tertiary/aromatic N) is 2. The Morgan fingerprint density at radius 1 is 1.26 bits per heavy atom. The van der Waals surface area contributed by atoms with Crippen LogP contribution in [0.2, 0.25) is 0 Å². The van der Waals surface area contributed by atoms with E-state index in [4.69, 9.17) is 4.74 Å². The molecule has 4 nitrogen and oxygen atoms in total. The topological polar surface area (TPSA) is 47.0 Å². The predicted molar refractivity (Wildman–Crippen MR) is 79.7 cm³/mol. The zero-order chi connectivity index (χ0) is 14.6. The number of ether oxygens (including phenoxy) is 1. The molecule has 0 saturated heterocycles. The van der Waals surface area contributed by atoms with Gasteiger partial charge in [0.25, 0.3) is 0 Å². The molecule has 0 aliphatic heterocycles. The number of hydrogen-bond donors (Lipinski definition) is 1. The van der Waals surface area contributed by atoms with Gasteiger partial charge in [0.2, 0.25) is 0 Å². The van der Waals surface area contributed by atoms with Crippen LogP contribution in [0.3, 0.4) is 0 Å². The molecule has 0 atom stereocenters. The number of aromatic nitrogens is 2. The van der Waals surface area contributed by atoms with Crippen LogP contribution in [0.25, 0.3) is 0 Å². The summed E-state index contributed by atoms with van der Waals surface area (Å²) in [6.45, 7) is 13.4. The Balaban J connectivity index is 3.30. The minimum absolute atomic E-state index is 0.402. The van der Waals surface area contributed by atoms with Crippen molar-refractivity contribution < 1.29 is 4.74 Å². The average molecular weight is 265 g/mol. The van der Waals surface area contributed by atoms with Crippen molar-refractivity contribution in [2.75, 3.05) is 19.0 Å². The van der Waals surface area contributed by atoms with Gasteiger partial charge in [-0.3, -0.25) is 0 Å². The van der Waals surface area contributed by atoms with Gasteiger partial charge in [0.15, 0.2) is 5.82 Å². The SMILES string of the molecule is CCCNc1nc(C(C)(C)OC)nc(C)c1C(C)C. The molecule has 1 rings (SSSR count). The van der Waals surface area contributed by atoms with Crippen molar-refractivity contribution in [3.05, 3.63) is 17.1 Å². The van der Waals surface area contributed by atoms with Gasteiger partial charge in [-0.05, 0) is 33.1 Å². The lowest BCUT2D eigenvalue weighted by molar-refractivity contribution is 0.0114. The highest BCUT2D eigenvalue weighted by Gasteiger charge is 2.26. The van der Waals surface area contributed by atoms with Crippen molar-refractivity contribution in [2.45, 2.75) is 59.5 Å². The van der Waals surface area contributed by atoms with E-state index >= 15 is 0 Å². The number of nitrogens with one attached hydrogen (secondary N) is 1. The van der Waals surface area contributed by atoms with Crippen LogP contribution in [0.4, 0.5) is 5.82 Å². The zero-order valence-corrected chi connectivity index (χ0v) is 13.3. The van der Waals surface area contributed by atoms with E-state index in [2.05, 4.69) is 36.1 Å². The first-order valence-corrected chi connectivity index (χ1v) is 7.01. The largest absolute Gasteiger partial charge is 0.371 e. The van der Waals surface area contributed by atoms with Crippen LogP contribution in [0.5, 0.6) is 0 Å². The van der Waals surface area contributed by atoms with E-state index in [0.29, 0.717) is 5.92 Å². The maximum atomic E-state index is 5.49. The molecule has 0 bridgehead atoms. The van der Waals surface area contributed by atoms with E-state index in [1.54, 1.807) is 7.11 Å². The lowest BCUT2D eigenvalue weighted by Gasteiger charge is -2.24. The van der Waals surface area contributed by atoms with E-state index in [9.17, 15) is 0 Å².